The molecule has 0 radical (unpaired) electrons. The SMILES string of the molecule is NCC(c1ccco1)N1CCCC1c1ccncc1. The second kappa shape index (κ2) is 5.55. The molecule has 0 spiro atoms. The Morgan fingerprint density at radius 2 is 2.21 bits per heavy atom. The Morgan fingerprint density at radius 1 is 1.37 bits per heavy atom. The van der Waals surface area contributed by atoms with Gasteiger partial charge in [0.1, 0.15) is 5.76 Å². The van der Waals surface area contributed by atoms with Crippen molar-refractivity contribution in [1.82, 2.24) is 9.88 Å². The Hall–Kier alpha value is -1.65. The number of aromatic nitrogens is 1. The van der Waals surface area contributed by atoms with Crippen LogP contribution >= 0.6 is 0 Å². The molecule has 0 saturated carbocycles. The number of rotatable bonds is 4. The molecule has 4 heteroatoms. The van der Waals surface area contributed by atoms with Crippen molar-refractivity contribution in [2.75, 3.05) is 13.1 Å². The van der Waals surface area contributed by atoms with E-state index in [1.807, 2.05) is 24.5 Å². The molecular weight excluding hydrogens is 238 g/mol. The molecule has 1 aliphatic heterocycles. The van der Waals surface area contributed by atoms with Crippen molar-refractivity contribution in [2.45, 2.75) is 24.9 Å². The monoisotopic (exact) mass is 257 g/mol. The first-order valence-electron chi connectivity index (χ1n) is 6.79. The molecule has 1 fully saturated rings. The van der Waals surface area contributed by atoms with Crippen LogP contribution in [-0.4, -0.2) is 23.0 Å². The van der Waals surface area contributed by atoms with E-state index < -0.39 is 0 Å². The van der Waals surface area contributed by atoms with Crippen molar-refractivity contribution in [3.63, 3.8) is 0 Å². The number of hydrogen-bond acceptors (Lipinski definition) is 4. The van der Waals surface area contributed by atoms with Gasteiger partial charge in [-0.15, -0.1) is 0 Å². The minimum absolute atomic E-state index is 0.163. The summed E-state index contributed by atoms with van der Waals surface area (Å²) in [6.45, 7) is 1.64. The van der Waals surface area contributed by atoms with Crippen LogP contribution in [-0.2, 0) is 0 Å². The summed E-state index contributed by atoms with van der Waals surface area (Å²) in [5.74, 6) is 0.962. The van der Waals surface area contributed by atoms with Crippen LogP contribution in [0.15, 0.2) is 47.3 Å². The smallest absolute Gasteiger partial charge is 0.122 e. The topological polar surface area (TPSA) is 55.3 Å². The van der Waals surface area contributed by atoms with E-state index in [1.54, 1.807) is 6.26 Å². The number of nitrogens with two attached hydrogens (primary N) is 1. The molecule has 0 bridgehead atoms. The van der Waals surface area contributed by atoms with Crippen molar-refractivity contribution in [3.8, 4) is 0 Å². The molecule has 19 heavy (non-hydrogen) atoms. The van der Waals surface area contributed by atoms with Gasteiger partial charge in [0.2, 0.25) is 0 Å². The first-order valence-corrected chi connectivity index (χ1v) is 6.79. The summed E-state index contributed by atoms with van der Waals surface area (Å²) in [5.41, 5.74) is 7.29. The fourth-order valence-corrected chi connectivity index (χ4v) is 3.00. The predicted octanol–water partition coefficient (Wildman–Crippen LogP) is 2.51. The molecule has 1 aliphatic rings. The Bertz CT molecular complexity index is 497. The molecule has 3 heterocycles. The maximum atomic E-state index is 5.97. The van der Waals surface area contributed by atoms with Crippen LogP contribution in [0.25, 0.3) is 0 Å². The number of likely N-dealkylation sites (tertiary alicyclic amines) is 1. The zero-order valence-corrected chi connectivity index (χ0v) is 10.9. The average Bonchev–Trinajstić information content (AvgIpc) is 3.12. The Balaban J connectivity index is 1.86. The minimum atomic E-state index is 0.163. The highest BCUT2D eigenvalue weighted by Crippen LogP contribution is 2.38. The summed E-state index contributed by atoms with van der Waals surface area (Å²) >= 11 is 0. The van der Waals surface area contributed by atoms with Crippen molar-refractivity contribution >= 4 is 0 Å². The van der Waals surface area contributed by atoms with Gasteiger partial charge < -0.3 is 10.2 Å². The van der Waals surface area contributed by atoms with Gasteiger partial charge in [0.05, 0.1) is 12.3 Å². The van der Waals surface area contributed by atoms with E-state index in [2.05, 4.69) is 22.0 Å². The van der Waals surface area contributed by atoms with Gasteiger partial charge >= 0.3 is 0 Å². The van der Waals surface area contributed by atoms with E-state index in [1.165, 1.54) is 18.4 Å². The van der Waals surface area contributed by atoms with Gasteiger partial charge in [-0.05, 0) is 49.2 Å². The van der Waals surface area contributed by atoms with Crippen molar-refractivity contribution in [1.29, 1.82) is 0 Å². The van der Waals surface area contributed by atoms with E-state index in [0.717, 1.165) is 12.3 Å². The number of hydrogen-bond donors (Lipinski definition) is 1. The summed E-state index contributed by atoms with van der Waals surface area (Å²) < 4.78 is 5.55. The van der Waals surface area contributed by atoms with Gasteiger partial charge in [-0.3, -0.25) is 9.88 Å². The Morgan fingerprint density at radius 3 is 2.89 bits per heavy atom. The third-order valence-electron chi connectivity index (χ3n) is 3.88. The van der Waals surface area contributed by atoms with E-state index >= 15 is 0 Å². The van der Waals surface area contributed by atoms with Crippen molar-refractivity contribution in [3.05, 3.63) is 54.2 Å². The molecule has 2 atom stereocenters. The number of pyridine rings is 1. The fourth-order valence-electron chi connectivity index (χ4n) is 3.00. The van der Waals surface area contributed by atoms with E-state index in [4.69, 9.17) is 10.2 Å². The third kappa shape index (κ3) is 2.41. The van der Waals surface area contributed by atoms with Crippen LogP contribution in [0.4, 0.5) is 0 Å². The van der Waals surface area contributed by atoms with Gasteiger partial charge in [-0.2, -0.15) is 0 Å². The summed E-state index contributed by atoms with van der Waals surface area (Å²) in [4.78, 5) is 6.55. The van der Waals surface area contributed by atoms with Gasteiger partial charge in [-0.1, -0.05) is 0 Å². The molecule has 1 saturated heterocycles. The van der Waals surface area contributed by atoms with Crippen LogP contribution in [0.2, 0.25) is 0 Å². The zero-order valence-electron chi connectivity index (χ0n) is 10.9. The molecule has 2 aromatic heterocycles. The van der Waals surface area contributed by atoms with Gasteiger partial charge in [-0.25, -0.2) is 0 Å². The van der Waals surface area contributed by atoms with Crippen LogP contribution in [0.1, 0.15) is 36.2 Å². The molecule has 3 rings (SSSR count). The maximum Gasteiger partial charge on any atom is 0.122 e. The van der Waals surface area contributed by atoms with E-state index in [-0.39, 0.29) is 6.04 Å². The lowest BCUT2D eigenvalue weighted by Gasteiger charge is -2.31. The van der Waals surface area contributed by atoms with E-state index in [0.29, 0.717) is 12.6 Å². The van der Waals surface area contributed by atoms with Gasteiger partial charge in [0, 0.05) is 25.0 Å². The van der Waals surface area contributed by atoms with Crippen LogP contribution in [0.5, 0.6) is 0 Å². The number of nitrogens with zero attached hydrogens (tertiary/aromatic N) is 2. The zero-order chi connectivity index (χ0) is 13.1. The number of furan rings is 1. The Kier molecular flexibility index (Phi) is 3.62. The molecule has 0 amide bonds. The summed E-state index contributed by atoms with van der Waals surface area (Å²) in [7, 11) is 0. The highest BCUT2D eigenvalue weighted by atomic mass is 16.3. The predicted molar refractivity (Wildman–Crippen MR) is 73.4 cm³/mol. The molecule has 0 aromatic carbocycles. The second-order valence-electron chi connectivity index (χ2n) is 4.94. The lowest BCUT2D eigenvalue weighted by Crippen LogP contribution is -2.33. The summed E-state index contributed by atoms with van der Waals surface area (Å²) in [5, 5.41) is 0. The molecule has 2 N–H and O–H groups in total. The lowest BCUT2D eigenvalue weighted by molar-refractivity contribution is 0.164. The maximum absolute atomic E-state index is 5.97. The molecule has 100 valence electrons. The van der Waals surface area contributed by atoms with Crippen molar-refractivity contribution < 1.29 is 4.42 Å². The summed E-state index contributed by atoms with van der Waals surface area (Å²) in [6.07, 6.45) is 7.80. The Labute approximate surface area is 113 Å². The fraction of sp³-hybridized carbons (Fsp3) is 0.400. The molecule has 2 aromatic rings. The molecular formula is C15H19N3O. The van der Waals surface area contributed by atoms with Gasteiger partial charge in [0.25, 0.3) is 0 Å². The molecule has 4 nitrogen and oxygen atoms in total. The first-order chi connectivity index (χ1) is 9.40. The standard InChI is InChI=1S/C15H19N3O/c16-11-14(15-4-2-10-19-15)18-9-1-3-13(18)12-5-7-17-8-6-12/h2,4-8,10,13-14H,1,3,9,11,16H2. The van der Waals surface area contributed by atoms with Crippen LogP contribution in [0, 0.1) is 0 Å². The van der Waals surface area contributed by atoms with Crippen LogP contribution < -0.4 is 5.73 Å². The summed E-state index contributed by atoms with van der Waals surface area (Å²) in [6, 6.07) is 8.71. The lowest BCUT2D eigenvalue weighted by atomic mass is 10.0. The average molecular weight is 257 g/mol. The highest BCUT2D eigenvalue weighted by molar-refractivity contribution is 5.18. The third-order valence-corrected chi connectivity index (χ3v) is 3.88. The molecule has 2 unspecified atom stereocenters. The van der Waals surface area contributed by atoms with Gasteiger partial charge in [0.15, 0.2) is 0 Å². The largest absolute Gasteiger partial charge is 0.468 e. The minimum Gasteiger partial charge on any atom is -0.468 e. The molecule has 0 aliphatic carbocycles. The first kappa shape index (κ1) is 12.4. The van der Waals surface area contributed by atoms with E-state index in [9.17, 15) is 0 Å². The quantitative estimate of drug-likeness (QED) is 0.914. The second-order valence-corrected chi connectivity index (χ2v) is 4.94. The highest BCUT2D eigenvalue weighted by Gasteiger charge is 2.33. The van der Waals surface area contributed by atoms with Crippen molar-refractivity contribution in [2.24, 2.45) is 5.73 Å². The van der Waals surface area contributed by atoms with Crippen LogP contribution in [0.3, 0.4) is 0 Å². The normalized spacial score (nSPS) is 21.6.